The predicted octanol–water partition coefficient (Wildman–Crippen LogP) is 2.94. The first-order chi connectivity index (χ1) is 8.25. The van der Waals surface area contributed by atoms with E-state index in [4.69, 9.17) is 9.47 Å². The SMILES string of the molecule is CC(C)CCCNCc1ccc2c(c1)OCO2. The zero-order valence-electron chi connectivity index (χ0n) is 10.7. The van der Waals surface area contributed by atoms with E-state index in [1.807, 2.05) is 6.07 Å². The summed E-state index contributed by atoms with van der Waals surface area (Å²) in [5, 5.41) is 3.45. The van der Waals surface area contributed by atoms with E-state index in [0.29, 0.717) is 6.79 Å². The van der Waals surface area contributed by atoms with Gasteiger partial charge in [0, 0.05) is 6.54 Å². The van der Waals surface area contributed by atoms with Crippen molar-refractivity contribution in [1.29, 1.82) is 0 Å². The third-order valence-corrected chi connectivity index (χ3v) is 2.90. The molecule has 0 aromatic heterocycles. The van der Waals surface area contributed by atoms with Crippen LogP contribution in [0, 0.1) is 5.92 Å². The van der Waals surface area contributed by atoms with Crippen molar-refractivity contribution < 1.29 is 9.47 Å². The molecule has 0 atom stereocenters. The summed E-state index contributed by atoms with van der Waals surface area (Å²) in [5.74, 6) is 2.52. The van der Waals surface area contributed by atoms with Crippen molar-refractivity contribution in [3.8, 4) is 11.5 Å². The molecule has 1 aromatic rings. The van der Waals surface area contributed by atoms with Crippen LogP contribution in [-0.4, -0.2) is 13.3 Å². The van der Waals surface area contributed by atoms with Gasteiger partial charge in [0.25, 0.3) is 0 Å². The van der Waals surface area contributed by atoms with Crippen LogP contribution < -0.4 is 14.8 Å². The van der Waals surface area contributed by atoms with Gasteiger partial charge in [-0.15, -0.1) is 0 Å². The predicted molar refractivity (Wildman–Crippen MR) is 68.3 cm³/mol. The van der Waals surface area contributed by atoms with Crippen LogP contribution in [0.3, 0.4) is 0 Å². The summed E-state index contributed by atoms with van der Waals surface area (Å²) < 4.78 is 10.6. The second-order valence-corrected chi connectivity index (χ2v) is 4.90. The molecule has 0 saturated carbocycles. The number of hydrogen-bond acceptors (Lipinski definition) is 3. The number of fused-ring (bicyclic) bond motifs is 1. The molecule has 1 heterocycles. The molecule has 0 spiro atoms. The Labute approximate surface area is 103 Å². The summed E-state index contributed by atoms with van der Waals surface area (Å²) in [6, 6.07) is 6.12. The topological polar surface area (TPSA) is 30.5 Å². The zero-order valence-corrected chi connectivity index (χ0v) is 10.7. The van der Waals surface area contributed by atoms with Gasteiger partial charge in [-0.05, 0) is 43.0 Å². The molecule has 0 fully saturated rings. The minimum absolute atomic E-state index is 0.348. The van der Waals surface area contributed by atoms with Gasteiger partial charge in [0.05, 0.1) is 0 Å². The smallest absolute Gasteiger partial charge is 0.231 e. The summed E-state index contributed by atoms with van der Waals surface area (Å²) >= 11 is 0. The lowest BCUT2D eigenvalue weighted by Crippen LogP contribution is -2.15. The normalized spacial score (nSPS) is 13.4. The highest BCUT2D eigenvalue weighted by atomic mass is 16.7. The van der Waals surface area contributed by atoms with Crippen molar-refractivity contribution in [2.45, 2.75) is 33.2 Å². The lowest BCUT2D eigenvalue weighted by Gasteiger charge is -2.07. The summed E-state index contributed by atoms with van der Waals surface area (Å²) in [4.78, 5) is 0. The molecule has 0 radical (unpaired) electrons. The first kappa shape index (κ1) is 12.2. The van der Waals surface area contributed by atoms with E-state index in [1.54, 1.807) is 0 Å². The van der Waals surface area contributed by atoms with Gasteiger partial charge in [-0.1, -0.05) is 19.9 Å². The van der Waals surface area contributed by atoms with E-state index >= 15 is 0 Å². The summed E-state index contributed by atoms with van der Waals surface area (Å²) in [5.41, 5.74) is 1.25. The number of benzene rings is 1. The lowest BCUT2D eigenvalue weighted by atomic mass is 10.1. The molecule has 0 aliphatic carbocycles. The van der Waals surface area contributed by atoms with Gasteiger partial charge in [-0.3, -0.25) is 0 Å². The second-order valence-electron chi connectivity index (χ2n) is 4.90. The Morgan fingerprint density at radius 2 is 2.06 bits per heavy atom. The number of rotatable bonds is 6. The monoisotopic (exact) mass is 235 g/mol. The van der Waals surface area contributed by atoms with Crippen LogP contribution in [0.4, 0.5) is 0 Å². The number of nitrogens with one attached hydrogen (secondary N) is 1. The molecule has 1 aromatic carbocycles. The molecule has 17 heavy (non-hydrogen) atoms. The Morgan fingerprint density at radius 3 is 2.88 bits per heavy atom. The lowest BCUT2D eigenvalue weighted by molar-refractivity contribution is 0.174. The number of hydrogen-bond donors (Lipinski definition) is 1. The number of ether oxygens (including phenoxy) is 2. The average molecular weight is 235 g/mol. The minimum Gasteiger partial charge on any atom is -0.454 e. The first-order valence-corrected chi connectivity index (χ1v) is 6.35. The maximum Gasteiger partial charge on any atom is 0.231 e. The Hall–Kier alpha value is -1.22. The summed E-state index contributed by atoms with van der Waals surface area (Å²) in [6.45, 7) is 6.84. The van der Waals surface area contributed by atoms with E-state index in [9.17, 15) is 0 Å². The van der Waals surface area contributed by atoms with Crippen LogP contribution in [0.25, 0.3) is 0 Å². The maximum atomic E-state index is 5.35. The molecule has 1 aliphatic heterocycles. The van der Waals surface area contributed by atoms with Crippen molar-refractivity contribution in [2.75, 3.05) is 13.3 Å². The Morgan fingerprint density at radius 1 is 1.24 bits per heavy atom. The summed E-state index contributed by atoms with van der Waals surface area (Å²) in [6.07, 6.45) is 2.52. The highest BCUT2D eigenvalue weighted by Crippen LogP contribution is 2.32. The van der Waals surface area contributed by atoms with E-state index in [2.05, 4.69) is 31.3 Å². The standard InChI is InChI=1S/C14H21NO2/c1-11(2)4-3-7-15-9-12-5-6-13-14(8-12)17-10-16-13/h5-6,8,11,15H,3-4,7,9-10H2,1-2H3. The Kier molecular flexibility index (Phi) is 4.26. The molecule has 2 rings (SSSR count). The van der Waals surface area contributed by atoms with Crippen LogP contribution in [0.1, 0.15) is 32.3 Å². The maximum absolute atomic E-state index is 5.35. The van der Waals surface area contributed by atoms with Gasteiger partial charge in [-0.2, -0.15) is 0 Å². The summed E-state index contributed by atoms with van der Waals surface area (Å²) in [7, 11) is 0. The average Bonchev–Trinajstić information content (AvgIpc) is 2.75. The molecule has 0 unspecified atom stereocenters. The molecular weight excluding hydrogens is 214 g/mol. The van der Waals surface area contributed by atoms with Crippen molar-refractivity contribution >= 4 is 0 Å². The molecule has 3 nitrogen and oxygen atoms in total. The molecule has 1 N–H and O–H groups in total. The fourth-order valence-corrected chi connectivity index (χ4v) is 1.92. The molecular formula is C14H21NO2. The fraction of sp³-hybridized carbons (Fsp3) is 0.571. The molecule has 94 valence electrons. The quantitative estimate of drug-likeness (QED) is 0.769. The second kappa shape index (κ2) is 5.92. The van der Waals surface area contributed by atoms with Crippen molar-refractivity contribution in [1.82, 2.24) is 5.32 Å². The van der Waals surface area contributed by atoms with Crippen LogP contribution in [0.2, 0.25) is 0 Å². The fourth-order valence-electron chi connectivity index (χ4n) is 1.92. The van der Waals surface area contributed by atoms with E-state index in [1.165, 1.54) is 18.4 Å². The van der Waals surface area contributed by atoms with Crippen LogP contribution in [0.5, 0.6) is 11.5 Å². The van der Waals surface area contributed by atoms with Crippen molar-refractivity contribution in [3.63, 3.8) is 0 Å². The van der Waals surface area contributed by atoms with Gasteiger partial charge in [0.2, 0.25) is 6.79 Å². The molecule has 3 heteroatoms. The third-order valence-electron chi connectivity index (χ3n) is 2.90. The minimum atomic E-state index is 0.348. The molecule has 0 amide bonds. The van der Waals surface area contributed by atoms with E-state index < -0.39 is 0 Å². The van der Waals surface area contributed by atoms with Crippen molar-refractivity contribution in [2.24, 2.45) is 5.92 Å². The Bertz CT molecular complexity index is 363. The van der Waals surface area contributed by atoms with E-state index in [-0.39, 0.29) is 0 Å². The molecule has 0 bridgehead atoms. The third kappa shape index (κ3) is 3.63. The van der Waals surface area contributed by atoms with E-state index in [0.717, 1.165) is 30.5 Å². The van der Waals surface area contributed by atoms with Crippen LogP contribution >= 0.6 is 0 Å². The van der Waals surface area contributed by atoms with Gasteiger partial charge < -0.3 is 14.8 Å². The van der Waals surface area contributed by atoms with Gasteiger partial charge in [-0.25, -0.2) is 0 Å². The van der Waals surface area contributed by atoms with Gasteiger partial charge in [0.15, 0.2) is 11.5 Å². The van der Waals surface area contributed by atoms with Gasteiger partial charge in [0.1, 0.15) is 0 Å². The van der Waals surface area contributed by atoms with Crippen LogP contribution in [0.15, 0.2) is 18.2 Å². The molecule has 1 aliphatic rings. The first-order valence-electron chi connectivity index (χ1n) is 6.35. The highest BCUT2D eigenvalue weighted by molar-refractivity contribution is 5.44. The highest BCUT2D eigenvalue weighted by Gasteiger charge is 2.12. The largest absolute Gasteiger partial charge is 0.454 e. The molecule has 0 saturated heterocycles. The van der Waals surface area contributed by atoms with Gasteiger partial charge >= 0.3 is 0 Å². The van der Waals surface area contributed by atoms with Crippen molar-refractivity contribution in [3.05, 3.63) is 23.8 Å². The Balaban J connectivity index is 1.72. The zero-order chi connectivity index (χ0) is 12.1. The van der Waals surface area contributed by atoms with Crippen LogP contribution in [-0.2, 0) is 6.54 Å².